The Bertz CT molecular complexity index is 1150. The lowest BCUT2D eigenvalue weighted by molar-refractivity contribution is 0.102. The van der Waals surface area contributed by atoms with Crippen molar-refractivity contribution in [3.63, 3.8) is 0 Å². The Morgan fingerprint density at radius 2 is 1.79 bits per heavy atom. The number of nitrogens with zero attached hydrogens (tertiary/aromatic N) is 4. The number of hydrogen-bond acceptors (Lipinski definition) is 6. The molecule has 3 rings (SSSR count). The van der Waals surface area contributed by atoms with E-state index in [4.69, 9.17) is 0 Å². The number of rotatable bonds is 8. The highest BCUT2D eigenvalue weighted by Gasteiger charge is 2.23. The average molecular weight is 433 g/mol. The Hall–Kier alpha value is -2.23. The predicted octanol–water partition coefficient (Wildman–Crippen LogP) is 3.35. The van der Waals surface area contributed by atoms with Gasteiger partial charge in [0.05, 0.1) is 10.6 Å². The van der Waals surface area contributed by atoms with Gasteiger partial charge in [-0.3, -0.25) is 9.20 Å². The first-order chi connectivity index (χ1) is 13.8. The highest BCUT2D eigenvalue weighted by atomic mass is 32.2. The Morgan fingerprint density at radius 3 is 2.45 bits per heavy atom. The van der Waals surface area contributed by atoms with Crippen molar-refractivity contribution >= 4 is 33.2 Å². The molecule has 0 amide bonds. The number of sulfonamides is 1. The van der Waals surface area contributed by atoms with Crippen LogP contribution in [0.4, 0.5) is 0 Å². The lowest BCUT2D eigenvalue weighted by Crippen LogP contribution is -2.30. The van der Waals surface area contributed by atoms with Crippen LogP contribution < -0.4 is 0 Å². The molecule has 2 heterocycles. The number of fused-ring (bicyclic) bond motifs is 1. The van der Waals surface area contributed by atoms with Crippen molar-refractivity contribution < 1.29 is 13.2 Å². The normalized spacial score (nSPS) is 12.0. The summed E-state index contributed by atoms with van der Waals surface area (Å²) in [5.41, 5.74) is 3.39. The van der Waals surface area contributed by atoms with E-state index in [1.165, 1.54) is 28.3 Å². The third kappa shape index (κ3) is 4.36. The summed E-state index contributed by atoms with van der Waals surface area (Å²) in [5, 5.41) is 8.67. The van der Waals surface area contributed by atoms with Crippen LogP contribution in [0.5, 0.6) is 0 Å². The number of ketones is 1. The van der Waals surface area contributed by atoms with E-state index < -0.39 is 10.0 Å². The maximum absolute atomic E-state index is 12.8. The SMILES string of the molecule is CCN(CC)S(=O)(=O)c1ccc2nnc(SCC(=O)c3ccc(C)c(C)c3)n2c1. The molecule has 29 heavy (non-hydrogen) atoms. The van der Waals surface area contributed by atoms with Crippen LogP contribution in [0.25, 0.3) is 5.65 Å². The van der Waals surface area contributed by atoms with E-state index in [1.54, 1.807) is 24.3 Å². The van der Waals surface area contributed by atoms with E-state index in [0.717, 1.165) is 11.1 Å². The van der Waals surface area contributed by atoms with Crippen molar-refractivity contribution in [2.45, 2.75) is 37.7 Å². The summed E-state index contributed by atoms with van der Waals surface area (Å²) in [4.78, 5) is 12.7. The molecule has 0 N–H and O–H groups in total. The van der Waals surface area contributed by atoms with Gasteiger partial charge in [0.1, 0.15) is 0 Å². The summed E-state index contributed by atoms with van der Waals surface area (Å²) in [7, 11) is -3.59. The molecule has 9 heteroatoms. The molecule has 0 aliphatic heterocycles. The molecule has 0 unspecified atom stereocenters. The number of Topliss-reactive ketones (excluding diaryl/α,β-unsaturated/α-hetero) is 1. The Morgan fingerprint density at radius 1 is 1.07 bits per heavy atom. The molecule has 1 aromatic carbocycles. The molecule has 2 aromatic heterocycles. The largest absolute Gasteiger partial charge is 0.293 e. The summed E-state index contributed by atoms with van der Waals surface area (Å²) in [6.45, 7) is 8.37. The molecule has 3 aromatic rings. The van der Waals surface area contributed by atoms with Crippen molar-refractivity contribution in [3.05, 3.63) is 53.2 Å². The van der Waals surface area contributed by atoms with Crippen molar-refractivity contribution in [2.24, 2.45) is 0 Å². The smallest absolute Gasteiger partial charge is 0.244 e. The van der Waals surface area contributed by atoms with Gasteiger partial charge in [0.25, 0.3) is 0 Å². The van der Waals surface area contributed by atoms with Crippen molar-refractivity contribution in [3.8, 4) is 0 Å². The molecule has 0 radical (unpaired) electrons. The van der Waals surface area contributed by atoms with E-state index in [1.807, 2.05) is 32.0 Å². The highest BCUT2D eigenvalue weighted by molar-refractivity contribution is 7.99. The quantitative estimate of drug-likeness (QED) is 0.401. The lowest BCUT2D eigenvalue weighted by Gasteiger charge is -2.18. The van der Waals surface area contributed by atoms with Crippen LogP contribution in [0, 0.1) is 13.8 Å². The first kappa shape index (κ1) is 21.5. The maximum Gasteiger partial charge on any atom is 0.244 e. The van der Waals surface area contributed by atoms with Crippen LogP contribution in [0.15, 0.2) is 46.6 Å². The Kier molecular flexibility index (Phi) is 6.40. The van der Waals surface area contributed by atoms with Crippen molar-refractivity contribution in [2.75, 3.05) is 18.8 Å². The molecule has 0 aliphatic carbocycles. The van der Waals surface area contributed by atoms with Crippen molar-refractivity contribution in [1.29, 1.82) is 0 Å². The number of benzene rings is 1. The zero-order valence-electron chi connectivity index (χ0n) is 16.9. The third-order valence-electron chi connectivity index (χ3n) is 4.85. The minimum atomic E-state index is -3.59. The molecule has 0 aliphatic rings. The molecule has 0 spiro atoms. The van der Waals surface area contributed by atoms with Crippen LogP contribution in [-0.4, -0.2) is 51.9 Å². The average Bonchev–Trinajstić information content (AvgIpc) is 3.11. The van der Waals surface area contributed by atoms with Gasteiger partial charge in [-0.15, -0.1) is 10.2 Å². The number of hydrogen-bond donors (Lipinski definition) is 0. The van der Waals surface area contributed by atoms with Crippen molar-refractivity contribution in [1.82, 2.24) is 18.9 Å². The summed E-state index contributed by atoms with van der Waals surface area (Å²) in [5.74, 6) is 0.179. The second-order valence-electron chi connectivity index (χ2n) is 6.68. The lowest BCUT2D eigenvalue weighted by atomic mass is 10.0. The Labute approximate surface area is 175 Å². The van der Waals surface area contributed by atoms with Crippen LogP contribution in [0.3, 0.4) is 0 Å². The van der Waals surface area contributed by atoms with E-state index >= 15 is 0 Å². The fourth-order valence-corrected chi connectivity index (χ4v) is 5.21. The first-order valence-electron chi connectivity index (χ1n) is 9.36. The highest BCUT2D eigenvalue weighted by Crippen LogP contribution is 2.22. The fourth-order valence-electron chi connectivity index (χ4n) is 2.94. The number of aromatic nitrogens is 3. The molecule has 7 nitrogen and oxygen atoms in total. The Balaban J connectivity index is 1.85. The second-order valence-corrected chi connectivity index (χ2v) is 9.56. The molecule has 0 saturated carbocycles. The fraction of sp³-hybridized carbons (Fsp3) is 0.350. The molecule has 0 fully saturated rings. The number of carbonyl (C=O) groups is 1. The monoisotopic (exact) mass is 432 g/mol. The van der Waals surface area contributed by atoms with E-state index in [-0.39, 0.29) is 16.4 Å². The zero-order chi connectivity index (χ0) is 21.2. The van der Waals surface area contributed by atoms with Crippen LogP contribution in [0.1, 0.15) is 35.3 Å². The maximum atomic E-state index is 12.8. The standard InChI is InChI=1S/C20H24N4O3S2/c1-5-23(6-2)29(26,27)17-9-10-19-21-22-20(24(19)12-17)28-13-18(25)16-8-7-14(3)15(4)11-16/h7-12H,5-6,13H2,1-4H3. The van der Waals surface area contributed by atoms with Gasteiger partial charge in [0.2, 0.25) is 10.0 Å². The van der Waals surface area contributed by atoms with Gasteiger partial charge in [-0.05, 0) is 43.2 Å². The molecular weight excluding hydrogens is 408 g/mol. The first-order valence-corrected chi connectivity index (χ1v) is 11.8. The van der Waals surface area contributed by atoms with Gasteiger partial charge in [-0.25, -0.2) is 8.42 Å². The van der Waals surface area contributed by atoms with Crippen LogP contribution >= 0.6 is 11.8 Å². The van der Waals surface area contributed by atoms with Gasteiger partial charge >= 0.3 is 0 Å². The number of pyridine rings is 1. The van der Waals surface area contributed by atoms with Gasteiger partial charge in [-0.1, -0.05) is 37.7 Å². The number of thioether (sulfide) groups is 1. The van der Waals surface area contributed by atoms with Gasteiger partial charge in [0.15, 0.2) is 16.6 Å². The predicted molar refractivity (Wildman–Crippen MR) is 114 cm³/mol. The summed E-state index contributed by atoms with van der Waals surface area (Å²) >= 11 is 1.24. The number of aryl methyl sites for hydroxylation is 2. The molecule has 0 saturated heterocycles. The summed E-state index contributed by atoms with van der Waals surface area (Å²) < 4.78 is 28.6. The second kappa shape index (κ2) is 8.64. The minimum absolute atomic E-state index is 0.0123. The molecule has 154 valence electrons. The summed E-state index contributed by atoms with van der Waals surface area (Å²) in [6, 6.07) is 8.80. The third-order valence-corrected chi connectivity index (χ3v) is 7.82. The van der Waals surface area contributed by atoms with Gasteiger partial charge in [-0.2, -0.15) is 4.31 Å². The summed E-state index contributed by atoms with van der Waals surface area (Å²) in [6.07, 6.45) is 1.52. The topological polar surface area (TPSA) is 84.6 Å². The van der Waals surface area contributed by atoms with Crippen LogP contribution in [0.2, 0.25) is 0 Å². The van der Waals surface area contributed by atoms with Gasteiger partial charge < -0.3 is 0 Å². The molecular formula is C20H24N4O3S2. The molecule has 0 atom stereocenters. The zero-order valence-corrected chi connectivity index (χ0v) is 18.5. The van der Waals surface area contributed by atoms with E-state index in [0.29, 0.717) is 29.5 Å². The number of carbonyl (C=O) groups excluding carboxylic acids is 1. The minimum Gasteiger partial charge on any atom is -0.293 e. The van der Waals surface area contributed by atoms with E-state index in [9.17, 15) is 13.2 Å². The molecule has 0 bridgehead atoms. The van der Waals surface area contributed by atoms with Crippen LogP contribution in [-0.2, 0) is 10.0 Å². The van der Waals surface area contributed by atoms with E-state index in [2.05, 4.69) is 10.2 Å². The van der Waals surface area contributed by atoms with Gasteiger partial charge in [0, 0.05) is 24.8 Å².